The van der Waals surface area contributed by atoms with Crippen molar-refractivity contribution in [1.82, 2.24) is 0 Å². The van der Waals surface area contributed by atoms with Gasteiger partial charge in [-0.2, -0.15) is 0 Å². The number of carbonyl (C=O) groups is 1. The van der Waals surface area contributed by atoms with E-state index >= 15 is 0 Å². The van der Waals surface area contributed by atoms with Crippen LogP contribution in [0.2, 0.25) is 0 Å². The predicted octanol–water partition coefficient (Wildman–Crippen LogP) is 4.48. The molecule has 4 fully saturated rings. The molecule has 0 heterocycles. The third-order valence-electron chi connectivity index (χ3n) is 10.2. The summed E-state index contributed by atoms with van der Waals surface area (Å²) in [5.74, 6) is 2.36. The molecule has 0 amide bonds. The maximum atomic E-state index is 11.2. The first-order chi connectivity index (χ1) is 13.2. The SMILES string of the molecule is CC(CCC(=O)O)C1CCC2C3C(CC[C@]12C)[C@@]1(C)CC[C@@H](O)CC1C[C@H]3O. The summed E-state index contributed by atoms with van der Waals surface area (Å²) in [4.78, 5) is 11.1. The lowest BCUT2D eigenvalue weighted by Crippen LogP contribution is -2.58. The van der Waals surface area contributed by atoms with E-state index in [4.69, 9.17) is 5.11 Å². The van der Waals surface area contributed by atoms with Gasteiger partial charge in [-0.15, -0.1) is 0 Å². The summed E-state index contributed by atoms with van der Waals surface area (Å²) in [5, 5.41) is 30.5. The van der Waals surface area contributed by atoms with Crippen LogP contribution in [-0.4, -0.2) is 33.5 Å². The molecule has 4 saturated carbocycles. The van der Waals surface area contributed by atoms with Crippen molar-refractivity contribution < 1.29 is 20.1 Å². The highest BCUT2D eigenvalue weighted by Crippen LogP contribution is 2.68. The van der Waals surface area contributed by atoms with Gasteiger partial charge in [-0.05, 0) is 104 Å². The normalized spacial score (nSPS) is 51.7. The van der Waals surface area contributed by atoms with Crippen LogP contribution in [0.5, 0.6) is 0 Å². The Morgan fingerprint density at radius 3 is 2.39 bits per heavy atom. The van der Waals surface area contributed by atoms with Crippen LogP contribution in [-0.2, 0) is 4.79 Å². The maximum absolute atomic E-state index is 11.2. The number of rotatable bonds is 4. The molecule has 0 bridgehead atoms. The molecule has 0 saturated heterocycles. The van der Waals surface area contributed by atoms with Crippen LogP contribution in [0.15, 0.2) is 0 Å². The summed E-state index contributed by atoms with van der Waals surface area (Å²) in [5.41, 5.74) is 0.523. The van der Waals surface area contributed by atoms with Crippen LogP contribution in [0.25, 0.3) is 0 Å². The predicted molar refractivity (Wildman–Crippen MR) is 109 cm³/mol. The number of aliphatic hydroxyl groups excluding tert-OH is 2. The first-order valence-corrected chi connectivity index (χ1v) is 11.7. The third-order valence-corrected chi connectivity index (χ3v) is 10.2. The molecule has 160 valence electrons. The molecule has 4 aliphatic rings. The minimum atomic E-state index is -0.684. The molecule has 3 N–H and O–H groups in total. The van der Waals surface area contributed by atoms with Crippen molar-refractivity contribution in [2.45, 2.75) is 97.2 Å². The number of hydrogen-bond donors (Lipinski definition) is 3. The second kappa shape index (κ2) is 7.27. The summed E-state index contributed by atoms with van der Waals surface area (Å²) >= 11 is 0. The molecule has 0 spiro atoms. The first kappa shape index (κ1) is 20.7. The van der Waals surface area contributed by atoms with E-state index < -0.39 is 5.97 Å². The van der Waals surface area contributed by atoms with Crippen LogP contribution in [0.3, 0.4) is 0 Å². The van der Waals surface area contributed by atoms with Crippen LogP contribution >= 0.6 is 0 Å². The summed E-state index contributed by atoms with van der Waals surface area (Å²) in [6.45, 7) is 7.16. The van der Waals surface area contributed by atoms with Crippen molar-refractivity contribution in [2.24, 2.45) is 46.3 Å². The molecule has 4 nitrogen and oxygen atoms in total. The summed E-state index contributed by atoms with van der Waals surface area (Å²) in [6.07, 6.45) is 9.19. The number of carboxylic acids is 1. The van der Waals surface area contributed by atoms with E-state index in [2.05, 4.69) is 20.8 Å². The molecule has 0 aliphatic heterocycles. The van der Waals surface area contributed by atoms with E-state index in [-0.39, 0.29) is 29.5 Å². The van der Waals surface area contributed by atoms with Gasteiger partial charge in [0, 0.05) is 6.42 Å². The topological polar surface area (TPSA) is 77.8 Å². The first-order valence-electron chi connectivity index (χ1n) is 11.7. The Morgan fingerprint density at radius 2 is 1.68 bits per heavy atom. The average molecular weight is 393 g/mol. The zero-order chi connectivity index (χ0) is 20.3. The lowest BCUT2D eigenvalue weighted by atomic mass is 9.43. The fourth-order valence-corrected chi connectivity index (χ4v) is 8.73. The number of carboxylic acid groups (broad SMARTS) is 1. The fourth-order valence-electron chi connectivity index (χ4n) is 8.73. The Kier molecular flexibility index (Phi) is 5.36. The van der Waals surface area contributed by atoms with E-state index in [0.29, 0.717) is 35.5 Å². The molecule has 28 heavy (non-hydrogen) atoms. The van der Waals surface area contributed by atoms with Crippen molar-refractivity contribution in [1.29, 1.82) is 0 Å². The van der Waals surface area contributed by atoms with Crippen LogP contribution in [0.4, 0.5) is 0 Å². The van der Waals surface area contributed by atoms with Crippen LogP contribution in [0.1, 0.15) is 85.0 Å². The summed E-state index contributed by atoms with van der Waals surface area (Å²) < 4.78 is 0. The molecule has 10 atom stereocenters. The number of fused-ring (bicyclic) bond motifs is 5. The van der Waals surface area contributed by atoms with E-state index in [9.17, 15) is 15.0 Å². The molecule has 4 aliphatic carbocycles. The Morgan fingerprint density at radius 1 is 1.00 bits per heavy atom. The van der Waals surface area contributed by atoms with Gasteiger partial charge in [0.05, 0.1) is 12.2 Å². The Balaban J connectivity index is 1.55. The van der Waals surface area contributed by atoms with Crippen LogP contribution in [0, 0.1) is 46.3 Å². The van der Waals surface area contributed by atoms with E-state index in [0.717, 1.165) is 32.1 Å². The van der Waals surface area contributed by atoms with Gasteiger partial charge in [0.2, 0.25) is 0 Å². The Hall–Kier alpha value is -0.610. The monoisotopic (exact) mass is 392 g/mol. The van der Waals surface area contributed by atoms with Crippen molar-refractivity contribution >= 4 is 5.97 Å². The second-order valence-corrected chi connectivity index (χ2v) is 11.4. The van der Waals surface area contributed by atoms with Crippen LogP contribution < -0.4 is 0 Å². The van der Waals surface area contributed by atoms with Gasteiger partial charge in [0.15, 0.2) is 0 Å². The zero-order valence-electron chi connectivity index (χ0n) is 17.9. The molecule has 4 heteroatoms. The van der Waals surface area contributed by atoms with Gasteiger partial charge in [-0.25, -0.2) is 0 Å². The Labute approximate surface area is 170 Å². The van der Waals surface area contributed by atoms with Gasteiger partial charge < -0.3 is 15.3 Å². The third kappa shape index (κ3) is 3.14. The van der Waals surface area contributed by atoms with Gasteiger partial charge >= 0.3 is 5.97 Å². The summed E-state index contributed by atoms with van der Waals surface area (Å²) in [6, 6.07) is 0. The molecule has 0 aromatic rings. The molecule has 6 unspecified atom stereocenters. The van der Waals surface area contributed by atoms with Crippen molar-refractivity contribution in [2.75, 3.05) is 0 Å². The molecular weight excluding hydrogens is 352 g/mol. The highest BCUT2D eigenvalue weighted by Gasteiger charge is 2.62. The van der Waals surface area contributed by atoms with Crippen molar-refractivity contribution in [3.8, 4) is 0 Å². The quantitative estimate of drug-likeness (QED) is 0.659. The van der Waals surface area contributed by atoms with E-state index in [1.807, 2.05) is 0 Å². The average Bonchev–Trinajstić information content (AvgIpc) is 2.98. The van der Waals surface area contributed by atoms with Gasteiger partial charge in [0.25, 0.3) is 0 Å². The second-order valence-electron chi connectivity index (χ2n) is 11.4. The molecule has 0 aromatic carbocycles. The molecule has 0 aromatic heterocycles. The number of hydrogen-bond acceptors (Lipinski definition) is 3. The fraction of sp³-hybridized carbons (Fsp3) is 0.958. The highest BCUT2D eigenvalue weighted by molar-refractivity contribution is 5.66. The standard InChI is InChI=1S/C24H40O4/c1-14(4-7-21(27)28)17-5-6-18-22-19(9-11-24(17,18)3)23(2)10-8-16(25)12-15(23)13-20(22)26/h14-20,22,25-26H,4-13H2,1-3H3,(H,27,28)/t14?,15?,16-,17?,18?,19?,20-,22?,23+,24-/m1/s1. The minimum Gasteiger partial charge on any atom is -0.481 e. The molecule has 4 rings (SSSR count). The van der Waals surface area contributed by atoms with Gasteiger partial charge in [-0.3, -0.25) is 4.79 Å². The zero-order valence-corrected chi connectivity index (χ0v) is 17.9. The van der Waals surface area contributed by atoms with Gasteiger partial charge in [-0.1, -0.05) is 20.8 Å². The molecular formula is C24H40O4. The molecule has 0 radical (unpaired) electrons. The smallest absolute Gasteiger partial charge is 0.303 e. The summed E-state index contributed by atoms with van der Waals surface area (Å²) in [7, 11) is 0. The van der Waals surface area contributed by atoms with Crippen molar-refractivity contribution in [3.05, 3.63) is 0 Å². The number of aliphatic hydroxyl groups is 2. The maximum Gasteiger partial charge on any atom is 0.303 e. The van der Waals surface area contributed by atoms with Gasteiger partial charge in [0.1, 0.15) is 0 Å². The number of aliphatic carboxylic acids is 1. The van der Waals surface area contributed by atoms with E-state index in [1.54, 1.807) is 0 Å². The lowest BCUT2D eigenvalue weighted by molar-refractivity contribution is -0.174. The van der Waals surface area contributed by atoms with E-state index in [1.165, 1.54) is 25.7 Å². The lowest BCUT2D eigenvalue weighted by Gasteiger charge is -2.62. The van der Waals surface area contributed by atoms with Crippen molar-refractivity contribution in [3.63, 3.8) is 0 Å². The Bertz CT molecular complexity index is 605. The minimum absolute atomic E-state index is 0.179. The largest absolute Gasteiger partial charge is 0.481 e. The highest BCUT2D eigenvalue weighted by atomic mass is 16.4.